The molecule has 1 N–H and O–H groups in total. The van der Waals surface area contributed by atoms with Gasteiger partial charge >= 0.3 is 0 Å². The molecule has 0 fully saturated rings. The highest BCUT2D eigenvalue weighted by molar-refractivity contribution is 9.10. The average molecular weight is 309 g/mol. The summed E-state index contributed by atoms with van der Waals surface area (Å²) in [5, 5.41) is 11.7. The molecule has 1 aromatic carbocycles. The van der Waals surface area contributed by atoms with Crippen LogP contribution >= 0.6 is 15.9 Å². The molecule has 18 heavy (non-hydrogen) atoms. The van der Waals surface area contributed by atoms with Crippen molar-refractivity contribution in [1.82, 2.24) is 5.32 Å². The van der Waals surface area contributed by atoms with E-state index in [0.29, 0.717) is 6.54 Å². The molecule has 1 amide bonds. The zero-order valence-electron chi connectivity index (χ0n) is 10.6. The second kappa shape index (κ2) is 7.17. The summed E-state index contributed by atoms with van der Waals surface area (Å²) in [6, 6.07) is 10.0. The normalized spacial score (nSPS) is 11.9. The third-order valence-electron chi connectivity index (χ3n) is 2.71. The summed E-state index contributed by atoms with van der Waals surface area (Å²) in [5.41, 5.74) is 1.16. The monoisotopic (exact) mass is 308 g/mol. The molecule has 0 spiro atoms. The molecule has 96 valence electrons. The fourth-order valence-electron chi connectivity index (χ4n) is 1.60. The first-order valence-corrected chi connectivity index (χ1v) is 6.75. The van der Waals surface area contributed by atoms with Crippen LogP contribution in [0.1, 0.15) is 19.4 Å². The van der Waals surface area contributed by atoms with E-state index in [1.165, 1.54) is 0 Å². The zero-order valence-corrected chi connectivity index (χ0v) is 12.2. The molecule has 0 bridgehead atoms. The molecular formula is C14H17BrN2O. The predicted octanol–water partition coefficient (Wildman–Crippen LogP) is 2.90. The Morgan fingerprint density at radius 3 is 2.50 bits per heavy atom. The predicted molar refractivity (Wildman–Crippen MR) is 74.8 cm³/mol. The summed E-state index contributed by atoms with van der Waals surface area (Å²) in [6.07, 6.45) is 0.773. The van der Waals surface area contributed by atoms with Gasteiger partial charge in [-0.05, 0) is 30.0 Å². The number of halogens is 1. The molecule has 4 heteroatoms. The van der Waals surface area contributed by atoms with Crippen LogP contribution in [0.3, 0.4) is 0 Å². The Labute approximate surface area is 116 Å². The van der Waals surface area contributed by atoms with Crippen molar-refractivity contribution in [3.8, 4) is 6.07 Å². The van der Waals surface area contributed by atoms with Crippen molar-refractivity contribution in [2.75, 3.05) is 6.54 Å². The molecule has 3 nitrogen and oxygen atoms in total. The van der Waals surface area contributed by atoms with Crippen molar-refractivity contribution in [3.05, 3.63) is 34.3 Å². The number of benzene rings is 1. The van der Waals surface area contributed by atoms with Crippen molar-refractivity contribution in [2.24, 2.45) is 11.8 Å². The molecule has 0 saturated heterocycles. The van der Waals surface area contributed by atoms with Crippen LogP contribution in [0.5, 0.6) is 0 Å². The Morgan fingerprint density at radius 1 is 1.39 bits per heavy atom. The molecule has 0 aliphatic heterocycles. The molecule has 1 unspecified atom stereocenters. The Morgan fingerprint density at radius 2 is 2.00 bits per heavy atom. The maximum Gasteiger partial charge on any atom is 0.237 e. The number of carbonyl (C=O) groups is 1. The van der Waals surface area contributed by atoms with Crippen molar-refractivity contribution in [2.45, 2.75) is 20.3 Å². The van der Waals surface area contributed by atoms with Crippen LogP contribution in [0.4, 0.5) is 0 Å². The van der Waals surface area contributed by atoms with Gasteiger partial charge in [0.1, 0.15) is 5.92 Å². The van der Waals surface area contributed by atoms with Crippen LogP contribution in [0.2, 0.25) is 0 Å². The topological polar surface area (TPSA) is 52.9 Å². The summed E-state index contributed by atoms with van der Waals surface area (Å²) in [5.74, 6) is -0.692. The van der Waals surface area contributed by atoms with E-state index in [2.05, 4.69) is 21.2 Å². The lowest BCUT2D eigenvalue weighted by molar-refractivity contribution is -0.124. The fourth-order valence-corrected chi connectivity index (χ4v) is 1.87. The van der Waals surface area contributed by atoms with Crippen LogP contribution in [-0.4, -0.2) is 12.5 Å². The SMILES string of the molecule is CC(C)C(C#N)C(=O)NCCc1ccc(Br)cc1. The van der Waals surface area contributed by atoms with E-state index in [0.717, 1.165) is 16.5 Å². The van der Waals surface area contributed by atoms with Gasteiger partial charge in [0.2, 0.25) is 5.91 Å². The minimum atomic E-state index is -0.560. The minimum absolute atomic E-state index is 0.0441. The van der Waals surface area contributed by atoms with Crippen molar-refractivity contribution < 1.29 is 4.79 Å². The lowest BCUT2D eigenvalue weighted by Gasteiger charge is -2.13. The summed E-state index contributed by atoms with van der Waals surface area (Å²) >= 11 is 3.38. The van der Waals surface area contributed by atoms with Crippen molar-refractivity contribution in [3.63, 3.8) is 0 Å². The molecule has 0 aliphatic rings. The first-order chi connectivity index (χ1) is 8.54. The van der Waals surface area contributed by atoms with Gasteiger partial charge in [-0.3, -0.25) is 4.79 Å². The number of nitriles is 1. The van der Waals surface area contributed by atoms with Gasteiger partial charge in [0, 0.05) is 11.0 Å². The molecule has 1 rings (SSSR count). The lowest BCUT2D eigenvalue weighted by Crippen LogP contribution is -2.34. The molecule has 0 radical (unpaired) electrons. The minimum Gasteiger partial charge on any atom is -0.355 e. The van der Waals surface area contributed by atoms with Gasteiger partial charge in [0.15, 0.2) is 0 Å². The van der Waals surface area contributed by atoms with E-state index >= 15 is 0 Å². The maximum absolute atomic E-state index is 11.7. The van der Waals surface area contributed by atoms with Crippen LogP contribution in [0.15, 0.2) is 28.7 Å². The van der Waals surface area contributed by atoms with Gasteiger partial charge in [-0.15, -0.1) is 0 Å². The Bertz CT molecular complexity index is 434. The molecule has 0 saturated carbocycles. The molecular weight excluding hydrogens is 292 g/mol. The second-order valence-electron chi connectivity index (χ2n) is 4.52. The van der Waals surface area contributed by atoms with Gasteiger partial charge < -0.3 is 5.32 Å². The Hall–Kier alpha value is -1.34. The maximum atomic E-state index is 11.7. The van der Waals surface area contributed by atoms with Gasteiger partial charge in [-0.2, -0.15) is 5.26 Å². The van der Waals surface area contributed by atoms with Crippen LogP contribution in [0.25, 0.3) is 0 Å². The van der Waals surface area contributed by atoms with Gasteiger partial charge in [-0.25, -0.2) is 0 Å². The Kier molecular flexibility index (Phi) is 5.87. The number of hydrogen-bond donors (Lipinski definition) is 1. The van der Waals surface area contributed by atoms with E-state index in [-0.39, 0.29) is 11.8 Å². The highest BCUT2D eigenvalue weighted by Gasteiger charge is 2.20. The summed E-state index contributed by atoms with van der Waals surface area (Å²) in [4.78, 5) is 11.7. The van der Waals surface area contributed by atoms with Crippen molar-refractivity contribution in [1.29, 1.82) is 5.26 Å². The van der Waals surface area contributed by atoms with Crippen LogP contribution < -0.4 is 5.32 Å². The van der Waals surface area contributed by atoms with E-state index in [1.807, 2.05) is 44.2 Å². The van der Waals surface area contributed by atoms with Crippen LogP contribution in [-0.2, 0) is 11.2 Å². The van der Waals surface area contributed by atoms with E-state index in [4.69, 9.17) is 5.26 Å². The van der Waals surface area contributed by atoms with Gasteiger partial charge in [0.05, 0.1) is 6.07 Å². The zero-order chi connectivity index (χ0) is 13.5. The lowest BCUT2D eigenvalue weighted by atomic mass is 9.96. The second-order valence-corrected chi connectivity index (χ2v) is 5.43. The molecule has 1 atom stereocenters. The largest absolute Gasteiger partial charge is 0.355 e. The Balaban J connectivity index is 2.40. The molecule has 1 aromatic rings. The standard InChI is InChI=1S/C14H17BrN2O/c1-10(2)13(9-16)14(18)17-8-7-11-3-5-12(15)6-4-11/h3-6,10,13H,7-8H2,1-2H3,(H,17,18). The number of rotatable bonds is 5. The number of carbonyl (C=O) groups excluding carboxylic acids is 1. The molecule has 0 heterocycles. The number of amides is 1. The fraction of sp³-hybridized carbons (Fsp3) is 0.429. The first-order valence-electron chi connectivity index (χ1n) is 5.96. The van der Waals surface area contributed by atoms with Gasteiger partial charge in [-0.1, -0.05) is 41.9 Å². The number of hydrogen-bond acceptors (Lipinski definition) is 2. The third-order valence-corrected chi connectivity index (χ3v) is 3.24. The summed E-state index contributed by atoms with van der Waals surface area (Å²) in [6.45, 7) is 4.32. The summed E-state index contributed by atoms with van der Waals surface area (Å²) in [7, 11) is 0. The molecule has 0 aliphatic carbocycles. The highest BCUT2D eigenvalue weighted by atomic mass is 79.9. The number of nitrogens with one attached hydrogen (secondary N) is 1. The molecule has 0 aromatic heterocycles. The van der Waals surface area contributed by atoms with Gasteiger partial charge in [0.25, 0.3) is 0 Å². The number of nitrogens with zero attached hydrogens (tertiary/aromatic N) is 1. The third kappa shape index (κ3) is 4.50. The average Bonchev–Trinajstić information content (AvgIpc) is 2.32. The van der Waals surface area contributed by atoms with E-state index in [9.17, 15) is 4.79 Å². The van der Waals surface area contributed by atoms with Crippen LogP contribution in [0, 0.1) is 23.2 Å². The van der Waals surface area contributed by atoms with Crippen molar-refractivity contribution >= 4 is 21.8 Å². The smallest absolute Gasteiger partial charge is 0.237 e. The highest BCUT2D eigenvalue weighted by Crippen LogP contribution is 2.11. The quantitative estimate of drug-likeness (QED) is 0.909. The van der Waals surface area contributed by atoms with E-state index < -0.39 is 5.92 Å². The summed E-state index contributed by atoms with van der Waals surface area (Å²) < 4.78 is 1.04. The van der Waals surface area contributed by atoms with E-state index in [1.54, 1.807) is 0 Å². The first kappa shape index (κ1) is 14.7.